The molecule has 3 saturated carbocycles. The Morgan fingerprint density at radius 2 is 1.48 bits per heavy atom. The molecule has 6 nitrogen and oxygen atoms in total. The van der Waals surface area contributed by atoms with Gasteiger partial charge in [0.15, 0.2) is 12.6 Å². The van der Waals surface area contributed by atoms with Crippen LogP contribution in [0, 0.1) is 40.9 Å². The van der Waals surface area contributed by atoms with Crippen LogP contribution < -0.4 is 0 Å². The van der Waals surface area contributed by atoms with E-state index in [1.54, 1.807) is 0 Å². The molecule has 0 bridgehead atoms. The topological polar surface area (TPSA) is 115 Å². The monoisotopic (exact) mass is 458 g/mol. The number of aldehydes is 2. The third-order valence-corrected chi connectivity index (χ3v) is 9.43. The summed E-state index contributed by atoms with van der Waals surface area (Å²) in [7, 11) is 0. The maximum absolute atomic E-state index is 11.7. The fraction of sp³-hybridized carbons (Fsp3) is 0.704. The van der Waals surface area contributed by atoms with Gasteiger partial charge in [0.1, 0.15) is 17.2 Å². The molecule has 3 unspecified atom stereocenters. The van der Waals surface area contributed by atoms with E-state index in [9.17, 15) is 30.0 Å². The standard InChI is InChI=1S/C27H38O6/c1-13(2)10-16(20-24(31)17(11-28)23(30)18(12-29)25(20)32)14-8-9-27(5,33)21-15(14)6-7-19-22(21)26(19,3)4/h11-16,19,21-22,30-33H,6-10H2,1-5H3/t14-,15+,16-,19?,21+,22?,27?/m1/s1. The molecular weight excluding hydrogens is 420 g/mol. The van der Waals surface area contributed by atoms with Gasteiger partial charge in [0.2, 0.25) is 0 Å². The number of phenolic OH excluding ortho intramolecular Hbond substituents is 3. The van der Waals surface area contributed by atoms with Gasteiger partial charge < -0.3 is 20.4 Å². The summed E-state index contributed by atoms with van der Waals surface area (Å²) in [6.45, 7) is 10.7. The zero-order valence-electron chi connectivity index (χ0n) is 20.3. The van der Waals surface area contributed by atoms with Crippen molar-refractivity contribution in [1.29, 1.82) is 0 Å². The van der Waals surface area contributed by atoms with Crippen LogP contribution in [0.2, 0.25) is 0 Å². The van der Waals surface area contributed by atoms with Crippen molar-refractivity contribution in [3.05, 3.63) is 16.7 Å². The van der Waals surface area contributed by atoms with Gasteiger partial charge in [-0.2, -0.15) is 0 Å². The normalized spacial score (nSPS) is 35.4. The number of rotatable bonds is 6. The van der Waals surface area contributed by atoms with E-state index in [4.69, 9.17) is 0 Å². The van der Waals surface area contributed by atoms with Gasteiger partial charge in [-0.15, -0.1) is 0 Å². The number of phenols is 3. The molecule has 33 heavy (non-hydrogen) atoms. The molecule has 0 heterocycles. The minimum absolute atomic E-state index is 0.0790. The molecule has 6 heteroatoms. The fourth-order valence-electron chi connectivity index (χ4n) is 7.90. The predicted octanol–water partition coefficient (Wildman–Crippen LogP) is 5.02. The summed E-state index contributed by atoms with van der Waals surface area (Å²) in [5.74, 6) is -0.137. The number of carbonyl (C=O) groups is 2. The van der Waals surface area contributed by atoms with Crippen LogP contribution in [0.15, 0.2) is 0 Å². The third kappa shape index (κ3) is 3.56. The molecule has 0 radical (unpaired) electrons. The number of benzene rings is 1. The largest absolute Gasteiger partial charge is 0.507 e. The molecular formula is C27H38O6. The van der Waals surface area contributed by atoms with Crippen LogP contribution in [-0.4, -0.2) is 38.6 Å². The van der Waals surface area contributed by atoms with E-state index in [1.165, 1.54) is 0 Å². The Hall–Kier alpha value is -2.08. The van der Waals surface area contributed by atoms with Gasteiger partial charge in [0.25, 0.3) is 0 Å². The molecule has 3 aliphatic rings. The fourth-order valence-corrected chi connectivity index (χ4v) is 7.90. The molecule has 7 atom stereocenters. The first kappa shape index (κ1) is 24.1. The maximum Gasteiger partial charge on any atom is 0.157 e. The highest BCUT2D eigenvalue weighted by Crippen LogP contribution is 2.73. The van der Waals surface area contributed by atoms with Crippen LogP contribution in [0.4, 0.5) is 0 Å². The lowest BCUT2D eigenvalue weighted by Gasteiger charge is -2.52. The molecule has 1 aromatic carbocycles. The van der Waals surface area contributed by atoms with Gasteiger partial charge in [0.05, 0.1) is 16.7 Å². The van der Waals surface area contributed by atoms with Gasteiger partial charge in [-0.3, -0.25) is 9.59 Å². The van der Waals surface area contributed by atoms with Gasteiger partial charge in [-0.1, -0.05) is 27.7 Å². The summed E-state index contributed by atoms with van der Waals surface area (Å²) in [4.78, 5) is 23.4. The van der Waals surface area contributed by atoms with E-state index in [1.807, 2.05) is 6.92 Å². The van der Waals surface area contributed by atoms with Crippen molar-refractivity contribution < 1.29 is 30.0 Å². The van der Waals surface area contributed by atoms with Gasteiger partial charge in [0, 0.05) is 5.56 Å². The van der Waals surface area contributed by atoms with Gasteiger partial charge in [-0.25, -0.2) is 0 Å². The molecule has 3 fully saturated rings. The summed E-state index contributed by atoms with van der Waals surface area (Å²) < 4.78 is 0. The Balaban J connectivity index is 1.85. The summed E-state index contributed by atoms with van der Waals surface area (Å²) in [5.41, 5.74) is -1.08. The predicted molar refractivity (Wildman–Crippen MR) is 125 cm³/mol. The van der Waals surface area contributed by atoms with Crippen molar-refractivity contribution in [3.63, 3.8) is 0 Å². The van der Waals surface area contributed by atoms with E-state index >= 15 is 0 Å². The lowest BCUT2D eigenvalue weighted by molar-refractivity contribution is -0.109. The molecule has 1 aromatic rings. The Labute approximate surface area is 196 Å². The smallest absolute Gasteiger partial charge is 0.157 e. The lowest BCUT2D eigenvalue weighted by atomic mass is 9.55. The van der Waals surface area contributed by atoms with Crippen LogP contribution >= 0.6 is 0 Å². The van der Waals surface area contributed by atoms with Crippen LogP contribution in [-0.2, 0) is 0 Å². The lowest BCUT2D eigenvalue weighted by Crippen LogP contribution is -2.50. The molecule has 0 saturated heterocycles. The first-order valence-corrected chi connectivity index (χ1v) is 12.3. The van der Waals surface area contributed by atoms with E-state index in [2.05, 4.69) is 27.7 Å². The summed E-state index contributed by atoms with van der Waals surface area (Å²) in [6.07, 6.45) is 4.76. The molecule has 182 valence electrons. The van der Waals surface area contributed by atoms with E-state index < -0.39 is 22.8 Å². The number of fused-ring (bicyclic) bond motifs is 3. The first-order chi connectivity index (χ1) is 15.4. The van der Waals surface area contributed by atoms with Gasteiger partial charge in [-0.05, 0) is 85.9 Å². The van der Waals surface area contributed by atoms with Crippen molar-refractivity contribution in [2.45, 2.75) is 78.2 Å². The summed E-state index contributed by atoms with van der Waals surface area (Å²) in [6, 6.07) is 0. The van der Waals surface area contributed by atoms with Crippen molar-refractivity contribution in [2.24, 2.45) is 40.9 Å². The Bertz CT molecular complexity index is 927. The molecule has 3 aliphatic carbocycles. The average Bonchev–Trinajstić information content (AvgIpc) is 3.28. The maximum atomic E-state index is 11.7. The zero-order chi connectivity index (χ0) is 24.5. The number of aliphatic hydroxyl groups is 1. The van der Waals surface area contributed by atoms with Crippen LogP contribution in [0.1, 0.15) is 98.9 Å². The second kappa shape index (κ2) is 8.00. The molecule has 4 N–H and O–H groups in total. The highest BCUT2D eigenvalue weighted by Gasteiger charge is 2.68. The number of hydrogen-bond acceptors (Lipinski definition) is 6. The third-order valence-electron chi connectivity index (χ3n) is 9.43. The minimum atomic E-state index is -0.762. The van der Waals surface area contributed by atoms with Crippen molar-refractivity contribution in [1.82, 2.24) is 0 Å². The second-order valence-corrected chi connectivity index (χ2v) is 12.0. The molecule has 0 aliphatic heterocycles. The summed E-state index contributed by atoms with van der Waals surface area (Å²) >= 11 is 0. The van der Waals surface area contributed by atoms with E-state index in [0.29, 0.717) is 37.2 Å². The van der Waals surface area contributed by atoms with Crippen LogP contribution in [0.25, 0.3) is 0 Å². The molecule has 0 aromatic heterocycles. The number of carbonyl (C=O) groups excluding carboxylic acids is 2. The second-order valence-electron chi connectivity index (χ2n) is 12.0. The quantitative estimate of drug-likeness (QED) is 0.445. The van der Waals surface area contributed by atoms with Crippen molar-refractivity contribution >= 4 is 12.6 Å². The zero-order valence-corrected chi connectivity index (χ0v) is 20.3. The van der Waals surface area contributed by atoms with E-state index in [0.717, 1.165) is 19.3 Å². The highest BCUT2D eigenvalue weighted by molar-refractivity contribution is 5.94. The average molecular weight is 459 g/mol. The van der Waals surface area contributed by atoms with E-state index in [-0.39, 0.29) is 51.7 Å². The highest BCUT2D eigenvalue weighted by atomic mass is 16.3. The molecule has 4 rings (SSSR count). The summed E-state index contributed by atoms with van der Waals surface area (Å²) in [5, 5.41) is 43.7. The Morgan fingerprint density at radius 3 is 2.00 bits per heavy atom. The molecule has 0 amide bonds. The molecule has 0 spiro atoms. The Kier molecular flexibility index (Phi) is 5.83. The number of aromatic hydroxyl groups is 3. The Morgan fingerprint density at radius 1 is 0.909 bits per heavy atom. The minimum Gasteiger partial charge on any atom is -0.507 e. The van der Waals surface area contributed by atoms with Crippen LogP contribution in [0.5, 0.6) is 17.2 Å². The SMILES string of the molecule is CC(C)C[C@@H](c1c(O)c(C=O)c(O)c(C=O)c1O)[C@@H]1CCC(C)(O)[C@@H]2C3C(CC[C@@H]12)C3(C)C. The first-order valence-electron chi connectivity index (χ1n) is 12.3. The number of hydrogen-bond donors (Lipinski definition) is 4. The van der Waals surface area contributed by atoms with Crippen molar-refractivity contribution in [3.8, 4) is 17.2 Å². The van der Waals surface area contributed by atoms with Crippen LogP contribution in [0.3, 0.4) is 0 Å². The van der Waals surface area contributed by atoms with Crippen molar-refractivity contribution in [2.75, 3.05) is 0 Å². The van der Waals surface area contributed by atoms with Gasteiger partial charge >= 0.3 is 0 Å².